The molecule has 3 rings (SSSR count). The lowest BCUT2D eigenvalue weighted by molar-refractivity contribution is -0.0522. The van der Waals surface area contributed by atoms with Crippen molar-refractivity contribution in [3.05, 3.63) is 16.7 Å². The number of anilines is 1. The predicted molar refractivity (Wildman–Crippen MR) is 144 cm³/mol. The number of fused-ring (bicyclic) bond motifs is 1. The second-order valence-corrected chi connectivity index (χ2v) is 18.6. The van der Waals surface area contributed by atoms with Crippen LogP contribution in [0.25, 0.3) is 11.2 Å². The zero-order valence-electron chi connectivity index (χ0n) is 19.3. The Balaban J connectivity index is 1.75. The molecule has 0 radical (unpaired) electrons. The Kier molecular flexibility index (Phi) is 10.6. The van der Waals surface area contributed by atoms with E-state index < -0.39 is 54.1 Å². The largest absolute Gasteiger partial charge is 0.490 e. The average molecular weight is 753 g/mol. The van der Waals surface area contributed by atoms with Gasteiger partial charge in [-0.3, -0.25) is 18.9 Å². The third-order valence-corrected chi connectivity index (χ3v) is 12.3. The standard InChI is InChI=1S/C14H23IN5O13P3S2/c1-14(2,15)38-37-6-29-7-3-9(20-5-17-10-11(20)18-13(16)19-12(10)21)31-8(7)4-30-35(25,26)33-36(27,28)32-34(22,23)24/h5,7-9H,3-4,6H2,1-2H3,(H,25,26)(H,27,28)(H2,22,23,24)(H3,16,18,19,21)/t7?,8-,9-/m1/s1. The fourth-order valence-electron chi connectivity index (χ4n) is 3.10. The third kappa shape index (κ3) is 9.78. The fourth-order valence-corrected chi connectivity index (χ4v) is 8.99. The van der Waals surface area contributed by atoms with Crippen molar-refractivity contribution in [1.82, 2.24) is 19.5 Å². The molecule has 0 amide bonds. The molecule has 3 unspecified atom stereocenters. The summed E-state index contributed by atoms with van der Waals surface area (Å²) in [6.07, 6.45) is -1.22. The molecule has 2 aromatic rings. The highest BCUT2D eigenvalue weighted by atomic mass is 127. The van der Waals surface area contributed by atoms with Crippen LogP contribution in [0.4, 0.5) is 5.95 Å². The number of nitrogen functional groups attached to an aromatic ring is 1. The van der Waals surface area contributed by atoms with E-state index in [1.54, 1.807) is 0 Å². The van der Waals surface area contributed by atoms with Gasteiger partial charge in [0.25, 0.3) is 5.56 Å². The Labute approximate surface area is 235 Å². The van der Waals surface area contributed by atoms with E-state index in [9.17, 15) is 28.3 Å². The number of imidazole rings is 1. The van der Waals surface area contributed by atoms with Gasteiger partial charge in [-0.05, 0) is 13.8 Å². The van der Waals surface area contributed by atoms with Gasteiger partial charge in [0.2, 0.25) is 5.95 Å². The van der Waals surface area contributed by atoms with Gasteiger partial charge in [0, 0.05) is 6.42 Å². The van der Waals surface area contributed by atoms with E-state index >= 15 is 0 Å². The summed E-state index contributed by atoms with van der Waals surface area (Å²) in [5.41, 5.74) is 5.16. The van der Waals surface area contributed by atoms with Crippen molar-refractivity contribution in [2.24, 2.45) is 0 Å². The van der Waals surface area contributed by atoms with Gasteiger partial charge in [-0.25, -0.2) is 18.7 Å². The molecule has 0 spiro atoms. The molecular formula is C14H23IN5O13P3S2. The number of hydrogen-bond donors (Lipinski definition) is 6. The van der Waals surface area contributed by atoms with Crippen LogP contribution in [0.1, 0.15) is 26.5 Å². The number of rotatable bonds is 13. The minimum atomic E-state index is -5.68. The molecule has 1 aliphatic rings. The van der Waals surface area contributed by atoms with Crippen LogP contribution in [0.2, 0.25) is 0 Å². The molecule has 0 aromatic carbocycles. The van der Waals surface area contributed by atoms with E-state index in [1.807, 2.05) is 13.8 Å². The van der Waals surface area contributed by atoms with Gasteiger partial charge in [0.1, 0.15) is 18.3 Å². The van der Waals surface area contributed by atoms with Gasteiger partial charge >= 0.3 is 23.5 Å². The SMILES string of the molecule is CC(C)(I)SSCOC1C[C@H](n2cnc3c(=O)[nH]c(N)nc32)O[C@@H]1COP(=O)(O)OP(=O)(O)OP(=O)(O)O. The summed E-state index contributed by atoms with van der Waals surface area (Å²) in [7, 11) is -13.7. The minimum Gasteiger partial charge on any atom is -0.369 e. The van der Waals surface area contributed by atoms with Crippen LogP contribution in [-0.4, -0.2) is 66.6 Å². The zero-order chi connectivity index (χ0) is 28.5. The minimum absolute atomic E-state index is 0.00628. The van der Waals surface area contributed by atoms with Crippen LogP contribution in [0.15, 0.2) is 11.1 Å². The van der Waals surface area contributed by atoms with E-state index in [0.717, 1.165) is 0 Å². The molecule has 24 heteroatoms. The first-order valence-electron chi connectivity index (χ1n) is 10.1. The van der Waals surface area contributed by atoms with E-state index in [2.05, 4.69) is 46.2 Å². The highest BCUT2D eigenvalue weighted by Crippen LogP contribution is 2.66. The van der Waals surface area contributed by atoms with Crippen molar-refractivity contribution in [3.8, 4) is 0 Å². The lowest BCUT2D eigenvalue weighted by Gasteiger charge is -2.21. The normalized spacial score (nSPS) is 23.9. The number of hydrogen-bond acceptors (Lipinski definition) is 14. The fraction of sp³-hybridized carbons (Fsp3) is 0.643. The average Bonchev–Trinajstić information content (AvgIpc) is 3.30. The first kappa shape index (κ1) is 32.4. The molecule has 1 saturated heterocycles. The number of nitrogens with two attached hydrogens (primary N) is 1. The van der Waals surface area contributed by atoms with E-state index in [4.69, 9.17) is 29.5 Å². The number of nitrogens with one attached hydrogen (secondary N) is 1. The van der Waals surface area contributed by atoms with Gasteiger partial charge in [-0.15, -0.1) is 0 Å². The summed E-state index contributed by atoms with van der Waals surface area (Å²) >= 11 is 2.24. The molecule has 0 bridgehead atoms. The number of phosphoric ester groups is 1. The molecule has 2 aromatic heterocycles. The van der Waals surface area contributed by atoms with E-state index in [0.29, 0.717) is 0 Å². The molecule has 7 N–H and O–H groups in total. The molecular weight excluding hydrogens is 730 g/mol. The van der Waals surface area contributed by atoms with Crippen molar-refractivity contribution in [1.29, 1.82) is 0 Å². The molecule has 216 valence electrons. The first-order chi connectivity index (χ1) is 17.3. The Morgan fingerprint density at radius 2 is 1.95 bits per heavy atom. The van der Waals surface area contributed by atoms with Crippen LogP contribution in [-0.2, 0) is 36.3 Å². The van der Waals surface area contributed by atoms with Crippen molar-refractivity contribution in [3.63, 3.8) is 0 Å². The summed E-state index contributed by atoms with van der Waals surface area (Å²) in [4.78, 5) is 59.0. The number of H-pyrrole nitrogens is 1. The number of aromatic nitrogens is 4. The van der Waals surface area contributed by atoms with Gasteiger partial charge in [-0.2, -0.15) is 13.6 Å². The second kappa shape index (κ2) is 12.4. The molecule has 1 fully saturated rings. The van der Waals surface area contributed by atoms with Crippen molar-refractivity contribution in [2.45, 2.75) is 41.5 Å². The van der Waals surface area contributed by atoms with Gasteiger partial charge in [0.05, 0.1) is 21.8 Å². The summed E-state index contributed by atoms with van der Waals surface area (Å²) < 4.78 is 59.8. The van der Waals surface area contributed by atoms with Gasteiger partial charge in [-0.1, -0.05) is 44.2 Å². The molecule has 0 aliphatic carbocycles. The lowest BCUT2D eigenvalue weighted by Crippen LogP contribution is -2.29. The highest BCUT2D eigenvalue weighted by Gasteiger charge is 2.43. The predicted octanol–water partition coefficient (Wildman–Crippen LogP) is 2.23. The quantitative estimate of drug-likeness (QED) is 0.0427. The Hall–Kier alpha value is -0.0900. The molecule has 38 heavy (non-hydrogen) atoms. The Morgan fingerprint density at radius 3 is 2.58 bits per heavy atom. The number of ether oxygens (including phenoxy) is 2. The van der Waals surface area contributed by atoms with E-state index in [-0.39, 0.29) is 32.2 Å². The van der Waals surface area contributed by atoms with Crippen molar-refractivity contribution >= 4 is 84.8 Å². The van der Waals surface area contributed by atoms with Crippen molar-refractivity contribution < 1.29 is 55.9 Å². The molecule has 1 aliphatic heterocycles. The maximum atomic E-state index is 12.2. The number of alkyl halides is 1. The summed E-state index contributed by atoms with van der Waals surface area (Å²) in [6.45, 7) is 3.27. The number of halogens is 1. The maximum absolute atomic E-state index is 12.2. The van der Waals surface area contributed by atoms with Crippen LogP contribution >= 0.6 is 67.6 Å². The second-order valence-electron chi connectivity index (χ2n) is 7.91. The van der Waals surface area contributed by atoms with Crippen LogP contribution in [0.5, 0.6) is 0 Å². The van der Waals surface area contributed by atoms with Crippen molar-refractivity contribution in [2.75, 3.05) is 18.3 Å². The third-order valence-electron chi connectivity index (χ3n) is 4.35. The summed E-state index contributed by atoms with van der Waals surface area (Å²) in [5, 5.41) is 0. The molecule has 3 heterocycles. The maximum Gasteiger partial charge on any atom is 0.490 e. The topological polar surface area (TPSA) is 268 Å². The number of phosphoric acid groups is 3. The van der Waals surface area contributed by atoms with Crippen LogP contribution in [0.3, 0.4) is 0 Å². The molecule has 0 saturated carbocycles. The van der Waals surface area contributed by atoms with E-state index in [1.165, 1.54) is 32.5 Å². The zero-order valence-corrected chi connectivity index (χ0v) is 25.8. The summed E-state index contributed by atoms with van der Waals surface area (Å²) in [5.74, 6) is 0.0215. The van der Waals surface area contributed by atoms with Crippen LogP contribution < -0.4 is 11.3 Å². The molecule has 18 nitrogen and oxygen atoms in total. The van der Waals surface area contributed by atoms with Gasteiger partial charge in [0.15, 0.2) is 11.2 Å². The lowest BCUT2D eigenvalue weighted by atomic mass is 10.2. The number of aromatic amines is 1. The number of nitrogens with zero attached hydrogens (tertiary/aromatic N) is 3. The summed E-state index contributed by atoms with van der Waals surface area (Å²) in [6, 6.07) is 0. The first-order valence-corrected chi connectivity index (χ1v) is 18.0. The monoisotopic (exact) mass is 753 g/mol. The Morgan fingerprint density at radius 1 is 1.26 bits per heavy atom. The van der Waals surface area contributed by atoms with Crippen LogP contribution in [0, 0.1) is 0 Å². The highest BCUT2D eigenvalue weighted by molar-refractivity contribution is 14.1. The Bertz CT molecular complexity index is 1350. The van der Waals surface area contributed by atoms with Gasteiger partial charge < -0.3 is 34.8 Å². The molecule has 5 atom stereocenters. The smallest absolute Gasteiger partial charge is 0.369 e.